The molecule has 4 fully saturated rings. The number of anilines is 1. The molecule has 3 aromatic rings. The minimum atomic E-state index is -4.63. The summed E-state index contributed by atoms with van der Waals surface area (Å²) in [6.45, 7) is 6.20. The number of hydrogen-bond acceptors (Lipinski definition) is 7. The molecule has 15 heteroatoms. The maximum Gasteiger partial charge on any atom is 0.403 e. The summed E-state index contributed by atoms with van der Waals surface area (Å²) in [5.74, 6) is -3.91. The molecule has 288 valence electrons. The van der Waals surface area contributed by atoms with Crippen molar-refractivity contribution in [3.8, 4) is 0 Å². The number of carbonyl (C=O) groups excluding carboxylic acids is 2. The molecule has 2 aromatic carbocycles. The Labute approximate surface area is 306 Å². The van der Waals surface area contributed by atoms with Crippen LogP contribution in [0.5, 0.6) is 0 Å². The number of thiazole rings is 1. The zero-order valence-corrected chi connectivity index (χ0v) is 30.5. The van der Waals surface area contributed by atoms with Gasteiger partial charge < -0.3 is 19.3 Å². The van der Waals surface area contributed by atoms with Crippen molar-refractivity contribution >= 4 is 39.1 Å². The highest BCUT2D eigenvalue weighted by atomic mass is 32.1. The molecule has 0 bridgehead atoms. The number of aromatic nitrogens is 1. The molecular formula is C38H42F7N3O4S. The molecule has 0 radical (unpaired) electrons. The number of ether oxygens (including phenoxy) is 2. The van der Waals surface area contributed by atoms with Gasteiger partial charge in [-0.2, -0.15) is 26.3 Å². The summed E-state index contributed by atoms with van der Waals surface area (Å²) < 4.78 is 110. The fourth-order valence-corrected chi connectivity index (χ4v) is 9.38. The van der Waals surface area contributed by atoms with Gasteiger partial charge in [-0.05, 0) is 82.4 Å². The third kappa shape index (κ3) is 7.24. The quantitative estimate of drug-likeness (QED) is 0.168. The average molecular weight is 770 g/mol. The van der Waals surface area contributed by atoms with Gasteiger partial charge >= 0.3 is 18.3 Å². The lowest BCUT2D eigenvalue weighted by Gasteiger charge is -2.52. The van der Waals surface area contributed by atoms with Gasteiger partial charge in [-0.3, -0.25) is 4.79 Å². The van der Waals surface area contributed by atoms with Gasteiger partial charge in [0.1, 0.15) is 16.8 Å². The first-order valence-corrected chi connectivity index (χ1v) is 18.8. The molecule has 1 spiro atoms. The van der Waals surface area contributed by atoms with Crippen molar-refractivity contribution < 1.29 is 49.8 Å². The van der Waals surface area contributed by atoms with Crippen LogP contribution in [0.4, 0.5) is 36.4 Å². The highest BCUT2D eigenvalue weighted by Gasteiger charge is 2.71. The molecule has 7 rings (SSSR count). The lowest BCUT2D eigenvalue weighted by atomic mass is 9.71. The van der Waals surface area contributed by atoms with Crippen molar-refractivity contribution in [3.63, 3.8) is 0 Å². The van der Waals surface area contributed by atoms with Crippen LogP contribution in [0.2, 0.25) is 0 Å². The largest absolute Gasteiger partial charge is 0.456 e. The van der Waals surface area contributed by atoms with E-state index in [0.29, 0.717) is 35.4 Å². The Kier molecular flexibility index (Phi) is 9.55. The standard InChI is InChI=1S/C38H42F7N3O4S/c1-34(2,3)52-32(49)30-23(5-4-6-27(30)22-7-9-24(10-8-22)37(40,41)42)16-51-17-25-15-47(29-14-26(39)13-28-31(29)53-21-46-28)18-35(25)19-48(20-35)33(50)36(11-12-36)38(43,44)45/h4-6,13-14,21-22,24-25H,7-12,15-20H2,1-3H3. The van der Waals surface area contributed by atoms with Gasteiger partial charge in [-0.15, -0.1) is 11.3 Å². The number of carbonyl (C=O) groups is 2. The van der Waals surface area contributed by atoms with E-state index in [0.717, 1.165) is 4.70 Å². The van der Waals surface area contributed by atoms with Crippen LogP contribution in [0.25, 0.3) is 10.2 Å². The van der Waals surface area contributed by atoms with E-state index in [1.54, 1.807) is 44.5 Å². The number of rotatable bonds is 8. The molecule has 1 atom stereocenters. The smallest absolute Gasteiger partial charge is 0.403 e. The third-order valence-corrected chi connectivity index (χ3v) is 12.4. The van der Waals surface area contributed by atoms with Crippen LogP contribution in [0, 0.1) is 28.5 Å². The van der Waals surface area contributed by atoms with Gasteiger partial charge in [0.25, 0.3) is 0 Å². The number of fused-ring (bicyclic) bond motifs is 1. The molecule has 53 heavy (non-hydrogen) atoms. The van der Waals surface area contributed by atoms with Crippen LogP contribution in [0.1, 0.15) is 86.7 Å². The Morgan fingerprint density at radius 2 is 1.68 bits per heavy atom. The summed E-state index contributed by atoms with van der Waals surface area (Å²) in [5.41, 5.74) is 0.338. The number of hydrogen-bond donors (Lipinski definition) is 0. The van der Waals surface area contributed by atoms with E-state index in [9.17, 15) is 40.3 Å². The van der Waals surface area contributed by atoms with Crippen LogP contribution < -0.4 is 4.90 Å². The molecule has 2 saturated carbocycles. The molecule has 1 unspecified atom stereocenters. The van der Waals surface area contributed by atoms with E-state index in [4.69, 9.17) is 9.47 Å². The number of benzene rings is 2. The normalized spacial score (nSPS) is 24.1. The molecule has 2 aliphatic carbocycles. The maximum atomic E-state index is 14.7. The van der Waals surface area contributed by atoms with E-state index in [1.165, 1.54) is 28.4 Å². The fraction of sp³-hybridized carbons (Fsp3) is 0.605. The van der Waals surface area contributed by atoms with E-state index < -0.39 is 52.4 Å². The van der Waals surface area contributed by atoms with Crippen LogP contribution in [-0.2, 0) is 20.9 Å². The molecule has 4 aliphatic rings. The van der Waals surface area contributed by atoms with Gasteiger partial charge in [0.05, 0.1) is 46.1 Å². The number of alkyl halides is 6. The minimum absolute atomic E-state index is 0.0359. The zero-order chi connectivity index (χ0) is 38.1. The van der Waals surface area contributed by atoms with Crippen LogP contribution >= 0.6 is 11.3 Å². The molecule has 3 heterocycles. The maximum absolute atomic E-state index is 14.7. The second-order valence-corrected chi connectivity index (χ2v) is 17.1. The first kappa shape index (κ1) is 37.8. The minimum Gasteiger partial charge on any atom is -0.456 e. The Morgan fingerprint density at radius 3 is 2.30 bits per heavy atom. The van der Waals surface area contributed by atoms with Crippen molar-refractivity contribution in [2.24, 2.45) is 22.7 Å². The van der Waals surface area contributed by atoms with Crippen molar-refractivity contribution in [2.45, 2.75) is 89.8 Å². The van der Waals surface area contributed by atoms with Crippen molar-refractivity contribution in [1.82, 2.24) is 9.88 Å². The SMILES string of the molecule is CC(C)(C)OC(=O)c1c(COCC2CN(c3cc(F)cc4ncsc34)CC23CN(C(=O)C2(C(F)(F)F)CC2)C3)cccc1C1CCC(C(F)(F)F)CC1. The van der Waals surface area contributed by atoms with Crippen molar-refractivity contribution in [1.29, 1.82) is 0 Å². The predicted molar refractivity (Wildman–Crippen MR) is 184 cm³/mol. The highest BCUT2D eigenvalue weighted by Crippen LogP contribution is 2.60. The first-order valence-electron chi connectivity index (χ1n) is 17.9. The van der Waals surface area contributed by atoms with Crippen LogP contribution in [0.3, 0.4) is 0 Å². The van der Waals surface area contributed by atoms with Gasteiger partial charge in [-0.1, -0.05) is 18.2 Å². The molecule has 1 aromatic heterocycles. The molecular weight excluding hydrogens is 727 g/mol. The highest BCUT2D eigenvalue weighted by molar-refractivity contribution is 7.17. The second kappa shape index (κ2) is 13.4. The van der Waals surface area contributed by atoms with Crippen molar-refractivity contribution in [2.75, 3.05) is 37.7 Å². The third-order valence-electron chi connectivity index (χ3n) is 11.5. The Balaban J connectivity index is 1.12. The Bertz CT molecular complexity index is 1870. The topological polar surface area (TPSA) is 72.0 Å². The monoisotopic (exact) mass is 769 g/mol. The summed E-state index contributed by atoms with van der Waals surface area (Å²) in [6, 6.07) is 8.01. The van der Waals surface area contributed by atoms with Crippen LogP contribution in [0.15, 0.2) is 35.8 Å². The number of esters is 1. The Morgan fingerprint density at radius 1 is 0.981 bits per heavy atom. The lowest BCUT2D eigenvalue weighted by molar-refractivity contribution is -0.205. The molecule has 1 amide bonds. The number of likely N-dealkylation sites (tertiary alicyclic amines) is 1. The zero-order valence-electron chi connectivity index (χ0n) is 29.7. The second-order valence-electron chi connectivity index (χ2n) is 16.3. The number of halogens is 7. The van der Waals surface area contributed by atoms with E-state index >= 15 is 0 Å². The van der Waals surface area contributed by atoms with Gasteiger partial charge in [-0.25, -0.2) is 14.2 Å². The summed E-state index contributed by atoms with van der Waals surface area (Å²) in [5, 5.41) is 0. The van der Waals surface area contributed by atoms with Crippen LogP contribution in [-0.4, -0.2) is 72.5 Å². The molecule has 7 nitrogen and oxygen atoms in total. The van der Waals surface area contributed by atoms with Gasteiger partial charge in [0.15, 0.2) is 0 Å². The van der Waals surface area contributed by atoms with E-state index in [1.807, 2.05) is 4.90 Å². The van der Waals surface area contributed by atoms with Crippen molar-refractivity contribution in [3.05, 3.63) is 58.3 Å². The number of nitrogens with zero attached hydrogens (tertiary/aromatic N) is 3. The summed E-state index contributed by atoms with van der Waals surface area (Å²) >= 11 is 1.35. The average Bonchev–Trinajstić information content (AvgIpc) is 3.61. The van der Waals surface area contributed by atoms with Gasteiger partial charge in [0, 0.05) is 43.6 Å². The fourth-order valence-electron chi connectivity index (χ4n) is 8.56. The summed E-state index contributed by atoms with van der Waals surface area (Å²) in [7, 11) is 0. The first-order chi connectivity index (χ1) is 24.8. The van der Waals surface area contributed by atoms with E-state index in [2.05, 4.69) is 4.98 Å². The number of amides is 1. The predicted octanol–water partition coefficient (Wildman–Crippen LogP) is 9.05. The molecule has 2 aliphatic heterocycles. The molecule has 0 N–H and O–H groups in total. The van der Waals surface area contributed by atoms with Gasteiger partial charge in [0.2, 0.25) is 5.91 Å². The summed E-state index contributed by atoms with van der Waals surface area (Å²) in [6.07, 6.45) is -8.90. The summed E-state index contributed by atoms with van der Waals surface area (Å²) in [4.78, 5) is 34.4. The lowest BCUT2D eigenvalue weighted by Crippen LogP contribution is -2.65. The Hall–Kier alpha value is -3.46. The van der Waals surface area contributed by atoms with E-state index in [-0.39, 0.29) is 82.2 Å². The molecule has 2 saturated heterocycles.